The number of nitrogens with zero attached hydrogens (tertiary/aromatic N) is 3. The second-order valence-electron chi connectivity index (χ2n) is 3.07. The van der Waals surface area contributed by atoms with Crippen LogP contribution in [0.25, 0.3) is 0 Å². The van der Waals surface area contributed by atoms with Gasteiger partial charge in [0.15, 0.2) is 0 Å². The summed E-state index contributed by atoms with van der Waals surface area (Å²) in [6, 6.07) is 0. The van der Waals surface area contributed by atoms with Crippen molar-refractivity contribution in [1.29, 1.82) is 0 Å². The standard InChI is InChI=1S/C9H15N3O/c1-7-6-10-8(2)9(11-7)12(3)4-5-13/h6,13H,4-5H2,1-3H3. The van der Waals surface area contributed by atoms with Crippen LogP contribution in [0.4, 0.5) is 5.82 Å². The molecule has 0 amide bonds. The Morgan fingerprint density at radius 2 is 2.15 bits per heavy atom. The molecule has 0 unspecified atom stereocenters. The summed E-state index contributed by atoms with van der Waals surface area (Å²) in [6.07, 6.45) is 1.74. The molecule has 1 heterocycles. The number of aromatic nitrogens is 2. The predicted octanol–water partition coefficient (Wildman–Crippen LogP) is 0.522. The zero-order valence-corrected chi connectivity index (χ0v) is 8.28. The third-order valence-electron chi connectivity index (χ3n) is 1.85. The molecule has 0 saturated heterocycles. The highest BCUT2D eigenvalue weighted by Gasteiger charge is 2.06. The van der Waals surface area contributed by atoms with Crippen LogP contribution in [0.1, 0.15) is 11.4 Å². The number of anilines is 1. The highest BCUT2D eigenvalue weighted by molar-refractivity contribution is 5.42. The number of aliphatic hydroxyl groups excluding tert-OH is 1. The monoisotopic (exact) mass is 181 g/mol. The molecule has 0 saturated carbocycles. The van der Waals surface area contributed by atoms with Crippen molar-refractivity contribution < 1.29 is 5.11 Å². The quantitative estimate of drug-likeness (QED) is 0.738. The van der Waals surface area contributed by atoms with Crippen LogP contribution in [-0.2, 0) is 0 Å². The first-order valence-electron chi connectivity index (χ1n) is 4.27. The Morgan fingerprint density at radius 1 is 1.46 bits per heavy atom. The van der Waals surface area contributed by atoms with Crippen LogP contribution in [0.15, 0.2) is 6.20 Å². The van der Waals surface area contributed by atoms with Crippen LogP contribution in [0.5, 0.6) is 0 Å². The molecule has 0 aliphatic rings. The lowest BCUT2D eigenvalue weighted by atomic mass is 10.4. The maximum Gasteiger partial charge on any atom is 0.150 e. The first-order valence-corrected chi connectivity index (χ1v) is 4.27. The first-order chi connectivity index (χ1) is 6.15. The van der Waals surface area contributed by atoms with E-state index in [-0.39, 0.29) is 6.61 Å². The van der Waals surface area contributed by atoms with Crippen molar-refractivity contribution >= 4 is 5.82 Å². The summed E-state index contributed by atoms with van der Waals surface area (Å²) in [5, 5.41) is 8.77. The molecule has 0 spiro atoms. The smallest absolute Gasteiger partial charge is 0.150 e. The SMILES string of the molecule is Cc1cnc(C)c(N(C)CCO)n1. The molecule has 0 aliphatic heterocycles. The molecule has 0 aliphatic carbocycles. The Balaban J connectivity index is 2.91. The maximum atomic E-state index is 8.77. The van der Waals surface area contributed by atoms with Crippen molar-refractivity contribution in [2.24, 2.45) is 0 Å². The fourth-order valence-electron chi connectivity index (χ4n) is 1.14. The summed E-state index contributed by atoms with van der Waals surface area (Å²) in [4.78, 5) is 10.4. The van der Waals surface area contributed by atoms with Gasteiger partial charge in [0, 0.05) is 19.8 Å². The molecule has 1 aromatic heterocycles. The minimum absolute atomic E-state index is 0.131. The third kappa shape index (κ3) is 2.39. The minimum Gasteiger partial charge on any atom is -0.395 e. The van der Waals surface area contributed by atoms with Crippen LogP contribution in [0.2, 0.25) is 0 Å². The number of aryl methyl sites for hydroxylation is 2. The molecule has 4 heteroatoms. The predicted molar refractivity (Wildman–Crippen MR) is 51.9 cm³/mol. The van der Waals surface area contributed by atoms with Crippen LogP contribution in [0.3, 0.4) is 0 Å². The van der Waals surface area contributed by atoms with Gasteiger partial charge in [-0.15, -0.1) is 0 Å². The van der Waals surface area contributed by atoms with Crippen molar-refractivity contribution in [3.05, 3.63) is 17.6 Å². The van der Waals surface area contributed by atoms with E-state index in [9.17, 15) is 0 Å². The van der Waals surface area contributed by atoms with E-state index in [1.165, 1.54) is 0 Å². The van der Waals surface area contributed by atoms with Gasteiger partial charge in [-0.3, -0.25) is 4.98 Å². The number of aliphatic hydroxyl groups is 1. The van der Waals surface area contributed by atoms with Gasteiger partial charge < -0.3 is 10.0 Å². The Kier molecular flexibility index (Phi) is 3.19. The van der Waals surface area contributed by atoms with Gasteiger partial charge in [0.25, 0.3) is 0 Å². The average Bonchev–Trinajstić information content (AvgIpc) is 2.09. The number of hydrogen-bond acceptors (Lipinski definition) is 4. The van der Waals surface area contributed by atoms with Gasteiger partial charge in [-0.1, -0.05) is 0 Å². The maximum absolute atomic E-state index is 8.77. The van der Waals surface area contributed by atoms with Crippen LogP contribution >= 0.6 is 0 Å². The highest BCUT2D eigenvalue weighted by atomic mass is 16.3. The summed E-state index contributed by atoms with van der Waals surface area (Å²) in [6.45, 7) is 4.53. The van der Waals surface area contributed by atoms with Gasteiger partial charge in [0.1, 0.15) is 5.82 Å². The van der Waals surface area contributed by atoms with Gasteiger partial charge in [0.05, 0.1) is 18.0 Å². The first kappa shape index (κ1) is 9.92. The molecule has 0 bridgehead atoms. The van der Waals surface area contributed by atoms with Crippen LogP contribution < -0.4 is 4.90 Å². The van der Waals surface area contributed by atoms with Gasteiger partial charge in [-0.25, -0.2) is 4.98 Å². The van der Waals surface area contributed by atoms with Crippen molar-refractivity contribution in [3.63, 3.8) is 0 Å². The van der Waals surface area contributed by atoms with Crippen molar-refractivity contribution in [2.75, 3.05) is 25.1 Å². The zero-order chi connectivity index (χ0) is 9.84. The lowest BCUT2D eigenvalue weighted by Crippen LogP contribution is -2.23. The van der Waals surface area contributed by atoms with Gasteiger partial charge in [-0.2, -0.15) is 0 Å². The molecule has 13 heavy (non-hydrogen) atoms. The molecule has 0 radical (unpaired) electrons. The number of hydrogen-bond donors (Lipinski definition) is 1. The largest absolute Gasteiger partial charge is 0.395 e. The molecular formula is C9H15N3O. The van der Waals surface area contributed by atoms with Crippen molar-refractivity contribution in [3.8, 4) is 0 Å². The van der Waals surface area contributed by atoms with E-state index in [1.54, 1.807) is 6.20 Å². The Bertz CT molecular complexity index is 288. The minimum atomic E-state index is 0.131. The highest BCUT2D eigenvalue weighted by Crippen LogP contribution is 2.12. The number of rotatable bonds is 3. The molecular weight excluding hydrogens is 166 g/mol. The van der Waals surface area contributed by atoms with Gasteiger partial charge in [0.2, 0.25) is 0 Å². The molecule has 1 rings (SSSR count). The molecule has 1 N–H and O–H groups in total. The van der Waals surface area contributed by atoms with Crippen molar-refractivity contribution in [2.45, 2.75) is 13.8 Å². The summed E-state index contributed by atoms with van der Waals surface area (Å²) in [5.74, 6) is 0.842. The summed E-state index contributed by atoms with van der Waals surface area (Å²) in [7, 11) is 1.90. The molecule has 72 valence electrons. The lowest BCUT2D eigenvalue weighted by molar-refractivity contribution is 0.303. The second-order valence-corrected chi connectivity index (χ2v) is 3.07. The molecule has 0 fully saturated rings. The molecule has 1 aromatic rings. The normalized spacial score (nSPS) is 10.2. The van der Waals surface area contributed by atoms with Gasteiger partial charge in [-0.05, 0) is 13.8 Å². The van der Waals surface area contributed by atoms with E-state index in [1.807, 2.05) is 25.8 Å². The Hall–Kier alpha value is -1.16. The third-order valence-corrected chi connectivity index (χ3v) is 1.85. The fourth-order valence-corrected chi connectivity index (χ4v) is 1.14. The van der Waals surface area contributed by atoms with Gasteiger partial charge >= 0.3 is 0 Å². The molecule has 0 atom stereocenters. The molecule has 0 aromatic carbocycles. The Morgan fingerprint density at radius 3 is 2.77 bits per heavy atom. The lowest BCUT2D eigenvalue weighted by Gasteiger charge is -2.18. The fraction of sp³-hybridized carbons (Fsp3) is 0.556. The van der Waals surface area contributed by atoms with E-state index in [4.69, 9.17) is 5.11 Å². The van der Waals surface area contributed by atoms with Crippen LogP contribution in [-0.4, -0.2) is 35.3 Å². The second kappa shape index (κ2) is 4.18. The summed E-state index contributed by atoms with van der Waals surface area (Å²) in [5.41, 5.74) is 1.78. The van der Waals surface area contributed by atoms with Crippen LogP contribution in [0, 0.1) is 13.8 Å². The van der Waals surface area contributed by atoms with Crippen molar-refractivity contribution in [1.82, 2.24) is 9.97 Å². The van der Waals surface area contributed by atoms with E-state index >= 15 is 0 Å². The Labute approximate surface area is 78.2 Å². The average molecular weight is 181 g/mol. The zero-order valence-electron chi connectivity index (χ0n) is 8.28. The molecule has 4 nitrogen and oxygen atoms in total. The van der Waals surface area contributed by atoms with E-state index in [2.05, 4.69) is 9.97 Å². The van der Waals surface area contributed by atoms with E-state index < -0.39 is 0 Å². The summed E-state index contributed by atoms with van der Waals surface area (Å²) < 4.78 is 0. The summed E-state index contributed by atoms with van der Waals surface area (Å²) >= 11 is 0. The van der Waals surface area contributed by atoms with E-state index in [0.717, 1.165) is 17.2 Å². The van der Waals surface area contributed by atoms with E-state index in [0.29, 0.717) is 6.54 Å². The topological polar surface area (TPSA) is 49.2 Å². The number of likely N-dealkylation sites (N-methyl/N-ethyl adjacent to an activating group) is 1.